The monoisotopic (exact) mass is 281 g/mol. The van der Waals surface area contributed by atoms with E-state index in [9.17, 15) is 0 Å². The van der Waals surface area contributed by atoms with Gasteiger partial charge in [-0.2, -0.15) is 0 Å². The Hall–Kier alpha value is -0.450. The van der Waals surface area contributed by atoms with Gasteiger partial charge in [0.25, 0.3) is 0 Å². The first kappa shape index (κ1) is 14.9. The van der Waals surface area contributed by atoms with E-state index in [0.717, 1.165) is 25.4 Å². The van der Waals surface area contributed by atoms with Crippen molar-refractivity contribution in [3.05, 3.63) is 15.6 Å². The smallest absolute Gasteiger partial charge is 0.107 e. The maximum Gasteiger partial charge on any atom is 0.107 e. The zero-order valence-corrected chi connectivity index (χ0v) is 13.4. The van der Waals surface area contributed by atoms with Gasteiger partial charge in [-0.1, -0.05) is 20.3 Å². The van der Waals surface area contributed by atoms with Crippen LogP contribution in [0.4, 0.5) is 0 Å². The summed E-state index contributed by atoms with van der Waals surface area (Å²) in [7, 11) is 2.02. The van der Waals surface area contributed by atoms with Crippen molar-refractivity contribution in [3.8, 4) is 0 Å². The van der Waals surface area contributed by atoms with Gasteiger partial charge in [-0.05, 0) is 38.8 Å². The van der Waals surface area contributed by atoms with Crippen LogP contribution in [0, 0.1) is 5.92 Å². The second-order valence-electron chi connectivity index (χ2n) is 5.74. The second kappa shape index (κ2) is 7.36. The molecule has 0 aromatic carbocycles. The maximum atomic E-state index is 4.87. The van der Waals surface area contributed by atoms with Crippen LogP contribution in [0.3, 0.4) is 0 Å². The first-order valence-corrected chi connectivity index (χ1v) is 8.39. The molecule has 19 heavy (non-hydrogen) atoms. The van der Waals surface area contributed by atoms with E-state index in [2.05, 4.69) is 24.1 Å². The molecule has 0 radical (unpaired) electrons. The first-order valence-electron chi connectivity index (χ1n) is 7.57. The van der Waals surface area contributed by atoms with Crippen molar-refractivity contribution < 1.29 is 0 Å². The van der Waals surface area contributed by atoms with E-state index in [1.807, 2.05) is 18.4 Å². The van der Waals surface area contributed by atoms with Crippen molar-refractivity contribution >= 4 is 11.3 Å². The molecule has 1 aromatic heterocycles. The van der Waals surface area contributed by atoms with Crippen molar-refractivity contribution in [2.45, 2.75) is 52.6 Å². The van der Waals surface area contributed by atoms with Gasteiger partial charge in [-0.3, -0.25) is 4.90 Å². The van der Waals surface area contributed by atoms with Crippen LogP contribution in [0.25, 0.3) is 0 Å². The highest BCUT2D eigenvalue weighted by atomic mass is 32.1. The van der Waals surface area contributed by atoms with Gasteiger partial charge in [0.15, 0.2) is 0 Å². The molecule has 4 heteroatoms. The lowest BCUT2D eigenvalue weighted by molar-refractivity contribution is 0.176. The molecule has 1 saturated heterocycles. The number of likely N-dealkylation sites (tertiary alicyclic amines) is 1. The fourth-order valence-electron chi connectivity index (χ4n) is 2.86. The zero-order valence-electron chi connectivity index (χ0n) is 12.5. The van der Waals surface area contributed by atoms with E-state index in [4.69, 9.17) is 4.98 Å². The van der Waals surface area contributed by atoms with Crippen LogP contribution in [0.2, 0.25) is 0 Å². The number of hydrogen-bond acceptors (Lipinski definition) is 4. The molecule has 1 unspecified atom stereocenters. The van der Waals surface area contributed by atoms with E-state index in [-0.39, 0.29) is 0 Å². The molecule has 0 aliphatic carbocycles. The number of rotatable bonds is 6. The molecule has 1 aromatic rings. The van der Waals surface area contributed by atoms with Crippen LogP contribution in [-0.2, 0) is 19.5 Å². The van der Waals surface area contributed by atoms with Crippen LogP contribution < -0.4 is 5.32 Å². The van der Waals surface area contributed by atoms with Crippen LogP contribution in [0.15, 0.2) is 0 Å². The molecule has 0 spiro atoms. The fourth-order valence-corrected chi connectivity index (χ4v) is 4.03. The fraction of sp³-hybridized carbons (Fsp3) is 0.800. The molecule has 1 aliphatic heterocycles. The molecule has 2 rings (SSSR count). The summed E-state index contributed by atoms with van der Waals surface area (Å²) in [5.41, 5.74) is 1.32. The summed E-state index contributed by atoms with van der Waals surface area (Å²) in [5, 5.41) is 4.57. The third-order valence-corrected chi connectivity index (χ3v) is 4.83. The highest BCUT2D eigenvalue weighted by molar-refractivity contribution is 7.11. The van der Waals surface area contributed by atoms with E-state index < -0.39 is 0 Å². The van der Waals surface area contributed by atoms with E-state index in [0.29, 0.717) is 0 Å². The third kappa shape index (κ3) is 4.26. The van der Waals surface area contributed by atoms with E-state index in [1.165, 1.54) is 47.9 Å². The molecule has 0 bridgehead atoms. The highest BCUT2D eigenvalue weighted by Gasteiger charge is 2.18. The summed E-state index contributed by atoms with van der Waals surface area (Å²) in [6.45, 7) is 9.09. The molecule has 0 amide bonds. The minimum atomic E-state index is 0.848. The minimum Gasteiger partial charge on any atom is -0.315 e. The maximum absolute atomic E-state index is 4.87. The molecule has 3 nitrogen and oxygen atoms in total. The van der Waals surface area contributed by atoms with Crippen molar-refractivity contribution in [2.24, 2.45) is 5.92 Å². The predicted octanol–water partition coefficient (Wildman–Crippen LogP) is 3.05. The summed E-state index contributed by atoms with van der Waals surface area (Å²) in [6.07, 6.45) is 5.03. The van der Waals surface area contributed by atoms with Crippen molar-refractivity contribution in [1.29, 1.82) is 0 Å². The number of nitrogens with zero attached hydrogens (tertiary/aromatic N) is 2. The standard InChI is InChI=1S/C15H27N3S/c1-4-6-13-14(9-16-3)19-15(17-13)11-18-8-5-7-12(2)10-18/h12,16H,4-11H2,1-3H3. The van der Waals surface area contributed by atoms with Crippen molar-refractivity contribution in [3.63, 3.8) is 0 Å². The lowest BCUT2D eigenvalue weighted by atomic mass is 10.0. The number of piperidine rings is 1. The van der Waals surface area contributed by atoms with Gasteiger partial charge in [-0.25, -0.2) is 4.98 Å². The number of thiazole rings is 1. The molecule has 1 N–H and O–H groups in total. The summed E-state index contributed by atoms with van der Waals surface area (Å²) in [5.74, 6) is 0.848. The van der Waals surface area contributed by atoms with Gasteiger partial charge in [0.2, 0.25) is 0 Å². The number of aromatic nitrogens is 1. The van der Waals surface area contributed by atoms with Crippen LogP contribution >= 0.6 is 11.3 Å². The Kier molecular flexibility index (Phi) is 5.79. The summed E-state index contributed by atoms with van der Waals surface area (Å²) < 4.78 is 0. The van der Waals surface area contributed by atoms with Gasteiger partial charge < -0.3 is 5.32 Å². The largest absolute Gasteiger partial charge is 0.315 e. The third-order valence-electron chi connectivity index (χ3n) is 3.75. The second-order valence-corrected chi connectivity index (χ2v) is 6.91. The Bertz CT molecular complexity index is 365. The molecule has 1 atom stereocenters. The molecule has 1 fully saturated rings. The number of nitrogens with one attached hydrogen (secondary N) is 1. The summed E-state index contributed by atoms with van der Waals surface area (Å²) in [4.78, 5) is 8.88. The molecule has 108 valence electrons. The quantitative estimate of drug-likeness (QED) is 0.868. The van der Waals surface area contributed by atoms with Gasteiger partial charge >= 0.3 is 0 Å². The van der Waals surface area contributed by atoms with Crippen molar-refractivity contribution in [1.82, 2.24) is 15.2 Å². The Morgan fingerprint density at radius 3 is 3.00 bits per heavy atom. The molecular weight excluding hydrogens is 254 g/mol. The number of aryl methyl sites for hydroxylation is 1. The van der Waals surface area contributed by atoms with Gasteiger partial charge in [-0.15, -0.1) is 11.3 Å². The first-order chi connectivity index (χ1) is 9.22. The zero-order chi connectivity index (χ0) is 13.7. The normalized spacial score (nSPS) is 20.9. The van der Waals surface area contributed by atoms with E-state index in [1.54, 1.807) is 0 Å². The molecule has 0 saturated carbocycles. The predicted molar refractivity (Wildman–Crippen MR) is 82.5 cm³/mol. The topological polar surface area (TPSA) is 28.2 Å². The van der Waals surface area contributed by atoms with Gasteiger partial charge in [0.1, 0.15) is 5.01 Å². The summed E-state index contributed by atoms with van der Waals surface area (Å²) >= 11 is 1.90. The lowest BCUT2D eigenvalue weighted by Gasteiger charge is -2.29. The SMILES string of the molecule is CCCc1nc(CN2CCCC(C)C2)sc1CNC. The highest BCUT2D eigenvalue weighted by Crippen LogP contribution is 2.23. The Morgan fingerprint density at radius 1 is 1.47 bits per heavy atom. The Morgan fingerprint density at radius 2 is 2.32 bits per heavy atom. The number of hydrogen-bond donors (Lipinski definition) is 1. The van der Waals surface area contributed by atoms with Gasteiger partial charge in [0, 0.05) is 18.0 Å². The summed E-state index contributed by atoms with van der Waals surface area (Å²) in [6, 6.07) is 0. The molecular formula is C15H27N3S. The Labute approximate surface area is 121 Å². The van der Waals surface area contributed by atoms with Crippen LogP contribution in [0.5, 0.6) is 0 Å². The minimum absolute atomic E-state index is 0.848. The lowest BCUT2D eigenvalue weighted by Crippen LogP contribution is -2.33. The molecule has 1 aliphatic rings. The van der Waals surface area contributed by atoms with Crippen LogP contribution in [-0.4, -0.2) is 30.0 Å². The average Bonchev–Trinajstić information content (AvgIpc) is 2.72. The van der Waals surface area contributed by atoms with Gasteiger partial charge in [0.05, 0.1) is 12.2 Å². The van der Waals surface area contributed by atoms with Crippen molar-refractivity contribution in [2.75, 3.05) is 20.1 Å². The van der Waals surface area contributed by atoms with E-state index >= 15 is 0 Å². The average molecular weight is 281 g/mol. The molecule has 2 heterocycles. The van der Waals surface area contributed by atoms with Crippen LogP contribution in [0.1, 0.15) is 48.7 Å². The Balaban J connectivity index is 2.00.